The number of anilines is 3. The van der Waals surface area contributed by atoms with Gasteiger partial charge < -0.3 is 19.5 Å². The molecule has 46 heavy (non-hydrogen) atoms. The molecule has 0 aliphatic rings. The number of carboxylic acid groups (broad SMARTS) is 1. The molecule has 0 fully saturated rings. The number of methoxy groups -OCH3 is 2. The number of hydrogen-bond acceptors (Lipinski definition) is 5. The second kappa shape index (κ2) is 16.7. The van der Waals surface area contributed by atoms with Crippen molar-refractivity contribution in [2.24, 2.45) is 0 Å². The zero-order valence-electron chi connectivity index (χ0n) is 27.1. The van der Waals surface area contributed by atoms with Crippen LogP contribution in [0.1, 0.15) is 67.3 Å². The van der Waals surface area contributed by atoms with Crippen LogP contribution in [0, 0.1) is 11.3 Å². The van der Waals surface area contributed by atoms with Crippen LogP contribution >= 0.6 is 0 Å². The third-order valence-electron chi connectivity index (χ3n) is 7.87. The Balaban J connectivity index is 1.64. The third kappa shape index (κ3) is 8.67. The molecule has 1 N–H and O–H groups in total. The van der Waals surface area contributed by atoms with Crippen molar-refractivity contribution in [3.63, 3.8) is 0 Å². The predicted octanol–water partition coefficient (Wildman–Crippen LogP) is 10.0. The summed E-state index contributed by atoms with van der Waals surface area (Å²) in [6, 6.07) is 31.3. The number of carbonyl (C=O) groups is 1. The van der Waals surface area contributed by atoms with Gasteiger partial charge in [-0.2, -0.15) is 5.26 Å². The minimum atomic E-state index is -1.30. The van der Waals surface area contributed by atoms with Gasteiger partial charge in [0.05, 0.1) is 14.2 Å². The van der Waals surface area contributed by atoms with E-state index < -0.39 is 11.5 Å². The molecule has 0 heterocycles. The fourth-order valence-electron chi connectivity index (χ4n) is 5.24. The van der Waals surface area contributed by atoms with Crippen LogP contribution in [-0.2, 0) is 17.6 Å². The predicted molar refractivity (Wildman–Crippen MR) is 188 cm³/mol. The van der Waals surface area contributed by atoms with Crippen molar-refractivity contribution < 1.29 is 19.4 Å². The Morgan fingerprint density at radius 3 is 1.63 bits per heavy atom. The maximum atomic E-state index is 11.4. The molecule has 0 radical (unpaired) electrons. The second-order valence-electron chi connectivity index (χ2n) is 11.1. The average molecular weight is 615 g/mol. The molecular weight excluding hydrogens is 572 g/mol. The van der Waals surface area contributed by atoms with Gasteiger partial charge >= 0.3 is 5.97 Å². The number of nitrogens with zero attached hydrogens (tertiary/aromatic N) is 2. The fraction of sp³-hybridized carbons (Fsp3) is 0.250. The SMILES string of the molecule is CCCCc1ccc(N(c2ccc(/C=C/c3cc(OC)c(/C=C(/C#N)C(=O)O)cc3OC)cc2)c2ccc(CCCC)cc2)cc1. The standard InChI is InChI=1S/C40H42N2O4/c1-5-7-9-29-12-19-35(20-13-29)42(36-21-14-30(15-22-36)10-8-6-2)37-23-16-31(17-24-37)11-18-32-26-39(46-4)33(27-38(32)45-3)25-34(28-41)40(43)44/h11-27H,5-10H2,1-4H3,(H,43,44)/b18-11+,34-25-. The fourth-order valence-corrected chi connectivity index (χ4v) is 5.24. The number of carboxylic acids is 1. The summed E-state index contributed by atoms with van der Waals surface area (Å²) in [7, 11) is 3.05. The van der Waals surface area contributed by atoms with Crippen molar-refractivity contribution in [2.45, 2.75) is 52.4 Å². The lowest BCUT2D eigenvalue weighted by Gasteiger charge is -2.26. The van der Waals surface area contributed by atoms with E-state index >= 15 is 0 Å². The number of aliphatic carboxylic acids is 1. The highest BCUT2D eigenvalue weighted by molar-refractivity contribution is 5.97. The highest BCUT2D eigenvalue weighted by Crippen LogP contribution is 2.36. The molecule has 236 valence electrons. The van der Waals surface area contributed by atoms with Crippen LogP contribution in [0.4, 0.5) is 17.1 Å². The topological polar surface area (TPSA) is 82.8 Å². The number of rotatable bonds is 15. The zero-order valence-corrected chi connectivity index (χ0v) is 27.1. The molecule has 0 saturated heterocycles. The van der Waals surface area contributed by atoms with E-state index in [0.29, 0.717) is 17.1 Å². The molecule has 0 aromatic heterocycles. The first kappa shape index (κ1) is 33.6. The molecule has 0 unspecified atom stereocenters. The summed E-state index contributed by atoms with van der Waals surface area (Å²) >= 11 is 0. The Labute approximate surface area is 272 Å². The van der Waals surface area contributed by atoms with Crippen LogP contribution in [-0.4, -0.2) is 25.3 Å². The molecule has 4 aromatic rings. The van der Waals surface area contributed by atoms with E-state index in [-0.39, 0.29) is 0 Å². The lowest BCUT2D eigenvalue weighted by molar-refractivity contribution is -0.132. The summed E-state index contributed by atoms with van der Waals surface area (Å²) in [5, 5.41) is 18.5. The van der Waals surface area contributed by atoms with E-state index in [1.165, 1.54) is 50.0 Å². The van der Waals surface area contributed by atoms with Gasteiger partial charge in [0.1, 0.15) is 23.1 Å². The highest BCUT2D eigenvalue weighted by Gasteiger charge is 2.14. The van der Waals surface area contributed by atoms with Crippen molar-refractivity contribution in [1.82, 2.24) is 0 Å². The molecule has 0 aliphatic carbocycles. The van der Waals surface area contributed by atoms with Crippen LogP contribution in [0.25, 0.3) is 18.2 Å². The zero-order chi connectivity index (χ0) is 32.9. The first-order valence-corrected chi connectivity index (χ1v) is 15.8. The highest BCUT2D eigenvalue weighted by atomic mass is 16.5. The molecule has 6 heteroatoms. The van der Waals surface area contributed by atoms with Crippen molar-refractivity contribution in [1.29, 1.82) is 5.26 Å². The largest absolute Gasteiger partial charge is 0.496 e. The van der Waals surface area contributed by atoms with E-state index in [9.17, 15) is 15.2 Å². The Bertz CT molecular complexity index is 1650. The maximum absolute atomic E-state index is 11.4. The summed E-state index contributed by atoms with van der Waals surface area (Å²) in [6.45, 7) is 4.44. The van der Waals surface area contributed by atoms with E-state index in [1.54, 1.807) is 25.3 Å². The average Bonchev–Trinajstić information content (AvgIpc) is 3.09. The van der Waals surface area contributed by atoms with Crippen molar-refractivity contribution in [2.75, 3.05) is 19.1 Å². The minimum absolute atomic E-state index is 0.391. The molecule has 6 nitrogen and oxygen atoms in total. The Morgan fingerprint density at radius 1 is 0.739 bits per heavy atom. The first-order valence-electron chi connectivity index (χ1n) is 15.8. The Hall–Kier alpha value is -5.28. The first-order chi connectivity index (χ1) is 22.4. The summed E-state index contributed by atoms with van der Waals surface area (Å²) < 4.78 is 11.1. The number of unbranched alkanes of at least 4 members (excludes halogenated alkanes) is 2. The van der Waals surface area contributed by atoms with Gasteiger partial charge in [-0.25, -0.2) is 4.79 Å². The molecule has 0 bridgehead atoms. The molecule has 0 amide bonds. The molecule has 0 saturated carbocycles. The van der Waals surface area contributed by atoms with Crippen molar-refractivity contribution >= 4 is 41.3 Å². The van der Waals surface area contributed by atoms with Crippen LogP contribution in [0.3, 0.4) is 0 Å². The Morgan fingerprint density at radius 2 is 1.20 bits per heavy atom. The van der Waals surface area contributed by atoms with E-state index in [2.05, 4.69) is 91.5 Å². The van der Waals surface area contributed by atoms with Gasteiger partial charge in [0.25, 0.3) is 0 Å². The molecular formula is C40H42N2O4. The molecule has 4 aromatic carbocycles. The maximum Gasteiger partial charge on any atom is 0.346 e. The summed E-state index contributed by atoms with van der Waals surface area (Å²) in [4.78, 5) is 13.6. The smallest absolute Gasteiger partial charge is 0.346 e. The normalized spacial score (nSPS) is 11.3. The number of nitriles is 1. The number of ether oxygens (including phenoxy) is 2. The van der Waals surface area contributed by atoms with Crippen LogP contribution in [0.15, 0.2) is 90.5 Å². The molecule has 0 aliphatic heterocycles. The van der Waals surface area contributed by atoms with Gasteiger partial charge in [-0.05, 0) is 97.0 Å². The third-order valence-corrected chi connectivity index (χ3v) is 7.87. The summed E-state index contributed by atoms with van der Waals surface area (Å²) in [5.74, 6) is -0.345. The van der Waals surface area contributed by atoms with Gasteiger partial charge in [-0.1, -0.05) is 75.2 Å². The monoisotopic (exact) mass is 614 g/mol. The Kier molecular flexibility index (Phi) is 12.2. The van der Waals surface area contributed by atoms with Gasteiger partial charge in [0.2, 0.25) is 0 Å². The quantitative estimate of drug-likeness (QED) is 0.0815. The van der Waals surface area contributed by atoms with Crippen LogP contribution < -0.4 is 14.4 Å². The van der Waals surface area contributed by atoms with Crippen molar-refractivity contribution in [3.8, 4) is 17.6 Å². The van der Waals surface area contributed by atoms with Gasteiger partial charge in [0.15, 0.2) is 0 Å². The number of aryl methyl sites for hydroxylation is 2. The van der Waals surface area contributed by atoms with Gasteiger partial charge in [0, 0.05) is 28.2 Å². The summed E-state index contributed by atoms with van der Waals surface area (Å²) in [5.41, 5.74) is 7.78. The summed E-state index contributed by atoms with van der Waals surface area (Å²) in [6.07, 6.45) is 12.1. The van der Waals surface area contributed by atoms with Crippen molar-refractivity contribution in [3.05, 3.63) is 118 Å². The lowest BCUT2D eigenvalue weighted by atomic mass is 10.0. The molecule has 0 spiro atoms. The number of benzene rings is 4. The van der Waals surface area contributed by atoms with E-state index in [1.807, 2.05) is 12.2 Å². The van der Waals surface area contributed by atoms with Crippen LogP contribution in [0.2, 0.25) is 0 Å². The van der Waals surface area contributed by atoms with Gasteiger partial charge in [-0.15, -0.1) is 0 Å². The lowest BCUT2D eigenvalue weighted by Crippen LogP contribution is -2.10. The minimum Gasteiger partial charge on any atom is -0.496 e. The van der Waals surface area contributed by atoms with Crippen LogP contribution in [0.5, 0.6) is 11.5 Å². The van der Waals surface area contributed by atoms with Gasteiger partial charge in [-0.3, -0.25) is 0 Å². The van der Waals surface area contributed by atoms with E-state index in [4.69, 9.17) is 9.47 Å². The molecule has 0 atom stereocenters. The second-order valence-corrected chi connectivity index (χ2v) is 11.1. The molecule has 4 rings (SSSR count). The number of hydrogen-bond donors (Lipinski definition) is 1. The van der Waals surface area contributed by atoms with E-state index in [0.717, 1.165) is 41.0 Å².